The Morgan fingerprint density at radius 3 is 2.50 bits per heavy atom. The van der Waals surface area contributed by atoms with Gasteiger partial charge in [-0.05, 0) is 48.0 Å². The minimum absolute atomic E-state index is 0.0502. The van der Waals surface area contributed by atoms with E-state index in [0.717, 1.165) is 17.8 Å². The van der Waals surface area contributed by atoms with Crippen LogP contribution in [0.5, 0.6) is 5.88 Å². The predicted octanol–water partition coefficient (Wildman–Crippen LogP) is 6.43. The maximum Gasteiger partial charge on any atom is 0.335 e. The number of nitrogens with zero attached hydrogens (tertiary/aromatic N) is 5. The van der Waals surface area contributed by atoms with Gasteiger partial charge in [-0.25, -0.2) is 32.9 Å². The lowest BCUT2D eigenvalue weighted by Gasteiger charge is -2.12. The third-order valence-electron chi connectivity index (χ3n) is 7.62. The second-order valence-corrected chi connectivity index (χ2v) is 10.6. The fourth-order valence-electron chi connectivity index (χ4n) is 5.22. The van der Waals surface area contributed by atoms with Gasteiger partial charge in [0, 0.05) is 49.9 Å². The van der Waals surface area contributed by atoms with Crippen molar-refractivity contribution >= 4 is 17.0 Å². The molecule has 3 heterocycles. The van der Waals surface area contributed by atoms with E-state index in [4.69, 9.17) is 9.47 Å². The maximum absolute atomic E-state index is 15.5. The number of carbonyl (C=O) groups is 1. The van der Waals surface area contributed by atoms with Crippen molar-refractivity contribution in [3.05, 3.63) is 119 Å². The summed E-state index contributed by atoms with van der Waals surface area (Å²) in [4.78, 5) is 24.5. The molecular weight excluding hydrogens is 599 g/mol. The van der Waals surface area contributed by atoms with Crippen LogP contribution in [-0.4, -0.2) is 48.9 Å². The molecule has 0 amide bonds. The van der Waals surface area contributed by atoms with Crippen LogP contribution in [-0.2, 0) is 31.4 Å². The molecule has 6 rings (SSSR count). The molecule has 1 N–H and O–H groups in total. The number of aromatic carboxylic acids is 1. The molecule has 0 atom stereocenters. The van der Waals surface area contributed by atoms with Crippen molar-refractivity contribution in [1.82, 2.24) is 24.1 Å². The van der Waals surface area contributed by atoms with Gasteiger partial charge in [-0.3, -0.25) is 0 Å². The SMILES string of the molecule is COCCn1c(Cc2cc(F)c(-c3cccc(OCc4ccc(-c5cncn5C)cc4F)n3)cc2F)nc2ccc(C(=O)O)cc21. The Bertz CT molecular complexity index is 2070. The highest BCUT2D eigenvalue weighted by atomic mass is 19.1. The molecule has 3 aromatic carbocycles. The van der Waals surface area contributed by atoms with E-state index in [9.17, 15) is 14.3 Å². The average Bonchev–Trinajstić information content (AvgIpc) is 3.63. The van der Waals surface area contributed by atoms with Crippen LogP contribution in [0.4, 0.5) is 13.2 Å². The molecule has 6 aromatic rings. The summed E-state index contributed by atoms with van der Waals surface area (Å²) in [6.07, 6.45) is 3.23. The predicted molar refractivity (Wildman–Crippen MR) is 164 cm³/mol. The number of ether oxygens (including phenoxy) is 2. The molecule has 0 aliphatic rings. The summed E-state index contributed by atoms with van der Waals surface area (Å²) in [5, 5.41) is 9.42. The molecule has 0 saturated carbocycles. The second-order valence-electron chi connectivity index (χ2n) is 10.6. The summed E-state index contributed by atoms with van der Waals surface area (Å²) in [6, 6.07) is 16.1. The van der Waals surface area contributed by atoms with Crippen LogP contribution in [0.15, 0.2) is 79.3 Å². The minimum Gasteiger partial charge on any atom is -0.478 e. The van der Waals surface area contributed by atoms with Gasteiger partial charge in [0.15, 0.2) is 0 Å². The Morgan fingerprint density at radius 2 is 1.76 bits per heavy atom. The normalized spacial score (nSPS) is 11.3. The fraction of sp³-hybridized carbons (Fsp3) is 0.176. The summed E-state index contributed by atoms with van der Waals surface area (Å²) in [7, 11) is 3.35. The number of pyridine rings is 1. The fourth-order valence-corrected chi connectivity index (χ4v) is 5.22. The van der Waals surface area contributed by atoms with Crippen molar-refractivity contribution in [2.45, 2.75) is 19.6 Å². The van der Waals surface area contributed by atoms with Crippen LogP contribution in [0.25, 0.3) is 33.5 Å². The van der Waals surface area contributed by atoms with Crippen molar-refractivity contribution < 1.29 is 32.5 Å². The molecule has 0 saturated heterocycles. The Balaban J connectivity index is 1.22. The molecule has 0 fully saturated rings. The zero-order chi connectivity index (χ0) is 32.4. The standard InChI is InChI=1S/C34H28F3N5O4/c1-41-19-38-17-31(41)20-6-7-22(25(35)12-20)18-46-33-5-3-4-28(40-33)24-16-26(36)23(13-27(24)37)15-32-39-29-9-8-21(34(43)44)14-30(29)42(32)10-11-45-2/h3-9,12-14,16-17,19H,10-11,15,18H2,1-2H3,(H,43,44). The van der Waals surface area contributed by atoms with E-state index in [-0.39, 0.29) is 41.3 Å². The number of fused-ring (bicyclic) bond motifs is 1. The number of hydrogen-bond donors (Lipinski definition) is 1. The molecule has 234 valence electrons. The molecule has 0 radical (unpaired) electrons. The van der Waals surface area contributed by atoms with Crippen molar-refractivity contribution in [3.63, 3.8) is 0 Å². The van der Waals surface area contributed by atoms with Crippen LogP contribution < -0.4 is 4.74 Å². The summed E-state index contributed by atoms with van der Waals surface area (Å²) < 4.78 is 60.2. The van der Waals surface area contributed by atoms with Gasteiger partial charge >= 0.3 is 5.97 Å². The van der Waals surface area contributed by atoms with Gasteiger partial charge in [-0.1, -0.05) is 18.2 Å². The quantitative estimate of drug-likeness (QED) is 0.177. The summed E-state index contributed by atoms with van der Waals surface area (Å²) in [6.45, 7) is 0.517. The number of carboxylic acids is 1. The number of rotatable bonds is 11. The van der Waals surface area contributed by atoms with E-state index < -0.39 is 23.4 Å². The van der Waals surface area contributed by atoms with E-state index in [2.05, 4.69) is 15.0 Å². The van der Waals surface area contributed by atoms with Crippen LogP contribution in [0.3, 0.4) is 0 Å². The first kappa shape index (κ1) is 30.5. The van der Waals surface area contributed by atoms with Gasteiger partial charge in [0.1, 0.15) is 29.9 Å². The van der Waals surface area contributed by atoms with Gasteiger partial charge in [0.25, 0.3) is 0 Å². The first-order valence-electron chi connectivity index (χ1n) is 14.3. The monoisotopic (exact) mass is 627 g/mol. The lowest BCUT2D eigenvalue weighted by atomic mass is 10.0. The molecule has 0 spiro atoms. The smallest absolute Gasteiger partial charge is 0.335 e. The summed E-state index contributed by atoms with van der Waals surface area (Å²) in [5.74, 6) is -2.38. The summed E-state index contributed by atoms with van der Waals surface area (Å²) in [5.41, 5.74) is 3.03. The molecule has 0 unspecified atom stereocenters. The zero-order valence-corrected chi connectivity index (χ0v) is 24.9. The van der Waals surface area contributed by atoms with Crippen LogP contribution in [0.2, 0.25) is 0 Å². The molecule has 9 nitrogen and oxygen atoms in total. The van der Waals surface area contributed by atoms with Crippen molar-refractivity contribution in [3.8, 4) is 28.4 Å². The van der Waals surface area contributed by atoms with Gasteiger partial charge in [0.05, 0.1) is 47.1 Å². The Labute approximate surface area is 261 Å². The van der Waals surface area contributed by atoms with Gasteiger partial charge < -0.3 is 23.7 Å². The number of halogens is 3. The topological polar surface area (TPSA) is 104 Å². The van der Waals surface area contributed by atoms with Crippen molar-refractivity contribution in [2.24, 2.45) is 7.05 Å². The highest BCUT2D eigenvalue weighted by Gasteiger charge is 2.19. The zero-order valence-electron chi connectivity index (χ0n) is 24.9. The first-order valence-corrected chi connectivity index (χ1v) is 14.3. The lowest BCUT2D eigenvalue weighted by Crippen LogP contribution is -2.10. The Kier molecular flexibility index (Phi) is 8.53. The van der Waals surface area contributed by atoms with Gasteiger partial charge in [-0.2, -0.15) is 0 Å². The number of aryl methyl sites for hydroxylation is 1. The summed E-state index contributed by atoms with van der Waals surface area (Å²) >= 11 is 0. The number of benzene rings is 3. The molecular formula is C34H28F3N5O4. The largest absolute Gasteiger partial charge is 0.478 e. The number of carboxylic acid groups (broad SMARTS) is 1. The number of aromatic nitrogens is 5. The third kappa shape index (κ3) is 6.20. The first-order chi connectivity index (χ1) is 22.2. The third-order valence-corrected chi connectivity index (χ3v) is 7.62. The molecule has 46 heavy (non-hydrogen) atoms. The van der Waals surface area contributed by atoms with Crippen molar-refractivity contribution in [1.29, 1.82) is 0 Å². The highest BCUT2D eigenvalue weighted by Crippen LogP contribution is 2.29. The van der Waals surface area contributed by atoms with E-state index >= 15 is 8.78 Å². The van der Waals surface area contributed by atoms with Crippen LogP contribution in [0, 0.1) is 17.5 Å². The Hall–Kier alpha value is -5.49. The highest BCUT2D eigenvalue weighted by molar-refractivity contribution is 5.92. The molecule has 0 aliphatic carbocycles. The van der Waals surface area contributed by atoms with E-state index in [1.807, 2.05) is 7.05 Å². The molecule has 12 heteroatoms. The molecule has 0 aliphatic heterocycles. The average molecular weight is 628 g/mol. The van der Waals surface area contributed by atoms with E-state index in [0.29, 0.717) is 41.1 Å². The van der Waals surface area contributed by atoms with Crippen molar-refractivity contribution in [2.75, 3.05) is 13.7 Å². The van der Waals surface area contributed by atoms with Crippen LogP contribution >= 0.6 is 0 Å². The minimum atomic E-state index is -1.09. The maximum atomic E-state index is 15.5. The molecule has 3 aromatic heterocycles. The Morgan fingerprint density at radius 1 is 0.935 bits per heavy atom. The van der Waals surface area contributed by atoms with Crippen LogP contribution in [0.1, 0.15) is 27.3 Å². The van der Waals surface area contributed by atoms with E-state index in [1.165, 1.54) is 31.4 Å². The van der Waals surface area contributed by atoms with Gasteiger partial charge in [-0.15, -0.1) is 0 Å². The van der Waals surface area contributed by atoms with E-state index in [1.54, 1.807) is 52.0 Å². The second kappa shape index (κ2) is 12.9. The number of hydrogen-bond acceptors (Lipinski definition) is 6. The number of imidazole rings is 2. The molecule has 0 bridgehead atoms. The lowest BCUT2D eigenvalue weighted by molar-refractivity contribution is 0.0697. The van der Waals surface area contributed by atoms with Gasteiger partial charge in [0.2, 0.25) is 5.88 Å². The number of methoxy groups -OCH3 is 1.